The highest BCUT2D eigenvalue weighted by atomic mass is 16.4. The maximum absolute atomic E-state index is 10.2. The number of amides is 1. The molecule has 1 amide bonds. The van der Waals surface area contributed by atoms with Gasteiger partial charge in [0.05, 0.1) is 0 Å². The van der Waals surface area contributed by atoms with Crippen molar-refractivity contribution in [3.8, 4) is 0 Å². The first-order valence-corrected chi connectivity index (χ1v) is 3.17. The van der Waals surface area contributed by atoms with E-state index in [2.05, 4.69) is 0 Å². The number of carbonyl (C=O) groups is 2. The fourth-order valence-electron chi connectivity index (χ4n) is 0.815. The quantitative estimate of drug-likeness (QED) is 0.549. The van der Waals surface area contributed by atoms with E-state index in [1.165, 1.54) is 4.90 Å². The topological polar surface area (TPSA) is 57.6 Å². The van der Waals surface area contributed by atoms with Gasteiger partial charge >= 0.3 is 5.97 Å². The summed E-state index contributed by atoms with van der Waals surface area (Å²) in [5, 5.41) is 8.29. The molecule has 0 aromatic heterocycles. The van der Waals surface area contributed by atoms with Crippen LogP contribution in [0.3, 0.4) is 0 Å². The van der Waals surface area contributed by atoms with E-state index in [0.29, 0.717) is 6.41 Å². The van der Waals surface area contributed by atoms with Gasteiger partial charge in [0.1, 0.15) is 6.54 Å². The van der Waals surface area contributed by atoms with Gasteiger partial charge in [-0.1, -0.05) is 0 Å². The Labute approximate surface area is 58.4 Å². The molecule has 0 aromatic carbocycles. The minimum absolute atomic E-state index is 0.159. The number of hydrogen-bond acceptors (Lipinski definition) is 2. The second kappa shape index (κ2) is 2.68. The molecule has 0 heterocycles. The summed E-state index contributed by atoms with van der Waals surface area (Å²) in [6.07, 6.45) is 2.50. The predicted octanol–water partition coefficient (Wildman–Crippen LogP) is -0.308. The number of aliphatic carboxylic acids is 1. The summed E-state index contributed by atoms with van der Waals surface area (Å²) in [4.78, 5) is 21.6. The van der Waals surface area contributed by atoms with Gasteiger partial charge in [-0.2, -0.15) is 0 Å². The molecule has 10 heavy (non-hydrogen) atoms. The van der Waals surface area contributed by atoms with Gasteiger partial charge in [0.15, 0.2) is 0 Å². The van der Waals surface area contributed by atoms with E-state index in [4.69, 9.17) is 5.11 Å². The lowest BCUT2D eigenvalue weighted by Gasteiger charge is -2.11. The van der Waals surface area contributed by atoms with Crippen LogP contribution in [0, 0.1) is 0 Å². The Morgan fingerprint density at radius 2 is 2.30 bits per heavy atom. The molecule has 1 rings (SSSR count). The molecule has 0 atom stereocenters. The third-order valence-corrected chi connectivity index (χ3v) is 1.47. The van der Waals surface area contributed by atoms with Crippen LogP contribution in [0.2, 0.25) is 0 Å². The van der Waals surface area contributed by atoms with Crippen LogP contribution < -0.4 is 0 Å². The summed E-state index contributed by atoms with van der Waals surface area (Å²) >= 11 is 0. The van der Waals surface area contributed by atoms with Gasteiger partial charge < -0.3 is 10.0 Å². The van der Waals surface area contributed by atoms with Crippen molar-refractivity contribution in [1.82, 2.24) is 4.90 Å². The Kier molecular flexibility index (Phi) is 1.89. The Bertz CT molecular complexity index is 153. The average Bonchev–Trinajstić information content (AvgIpc) is 2.63. The van der Waals surface area contributed by atoms with Crippen LogP contribution >= 0.6 is 0 Å². The molecule has 0 spiro atoms. The molecule has 0 aliphatic heterocycles. The maximum atomic E-state index is 10.2. The molecule has 1 saturated carbocycles. The Balaban J connectivity index is 2.32. The fraction of sp³-hybridized carbons (Fsp3) is 0.667. The second-order valence-electron chi connectivity index (χ2n) is 2.40. The molecule has 1 aliphatic rings. The minimum atomic E-state index is -0.945. The van der Waals surface area contributed by atoms with Crippen LogP contribution in [0.4, 0.5) is 0 Å². The van der Waals surface area contributed by atoms with Crippen molar-refractivity contribution in [2.45, 2.75) is 18.9 Å². The number of carboxylic acid groups (broad SMARTS) is 1. The van der Waals surface area contributed by atoms with E-state index in [9.17, 15) is 9.59 Å². The van der Waals surface area contributed by atoms with E-state index in [1.54, 1.807) is 0 Å². The van der Waals surface area contributed by atoms with Crippen LogP contribution in [-0.2, 0) is 9.59 Å². The van der Waals surface area contributed by atoms with Crippen LogP contribution in [-0.4, -0.2) is 35.0 Å². The van der Waals surface area contributed by atoms with E-state index in [-0.39, 0.29) is 12.6 Å². The lowest BCUT2D eigenvalue weighted by Crippen LogP contribution is -2.30. The molecule has 0 radical (unpaired) electrons. The summed E-state index contributed by atoms with van der Waals surface area (Å²) in [6, 6.07) is 0.202. The normalized spacial score (nSPS) is 16.4. The predicted molar refractivity (Wildman–Crippen MR) is 33.4 cm³/mol. The van der Waals surface area contributed by atoms with E-state index in [1.807, 2.05) is 0 Å². The van der Waals surface area contributed by atoms with Gasteiger partial charge in [0.25, 0.3) is 0 Å². The standard InChI is InChI=1S/C6H9NO3/c8-4-7(3-6(9)10)5-1-2-5/h4-5H,1-3H2,(H,9,10). The van der Waals surface area contributed by atoms with Gasteiger partial charge in [-0.15, -0.1) is 0 Å². The summed E-state index contributed by atoms with van der Waals surface area (Å²) in [5.41, 5.74) is 0. The summed E-state index contributed by atoms with van der Waals surface area (Å²) < 4.78 is 0. The first-order valence-electron chi connectivity index (χ1n) is 3.17. The lowest BCUT2D eigenvalue weighted by atomic mass is 10.5. The number of carbonyl (C=O) groups excluding carboxylic acids is 1. The Hall–Kier alpha value is -1.06. The maximum Gasteiger partial charge on any atom is 0.323 e. The van der Waals surface area contributed by atoms with Gasteiger partial charge in [-0.05, 0) is 12.8 Å². The number of nitrogens with zero attached hydrogens (tertiary/aromatic N) is 1. The number of carboxylic acids is 1. The summed E-state index contributed by atoms with van der Waals surface area (Å²) in [7, 11) is 0. The van der Waals surface area contributed by atoms with Crippen LogP contribution in [0.25, 0.3) is 0 Å². The number of hydrogen-bond donors (Lipinski definition) is 1. The van der Waals surface area contributed by atoms with Gasteiger partial charge in [0, 0.05) is 6.04 Å². The van der Waals surface area contributed by atoms with Gasteiger partial charge in [-0.3, -0.25) is 9.59 Å². The Morgan fingerprint density at radius 3 is 2.60 bits per heavy atom. The highest BCUT2D eigenvalue weighted by molar-refractivity contribution is 5.72. The molecule has 0 saturated heterocycles. The van der Waals surface area contributed by atoms with Crippen LogP contribution in [0.1, 0.15) is 12.8 Å². The van der Waals surface area contributed by atoms with Crippen molar-refractivity contribution in [2.24, 2.45) is 0 Å². The SMILES string of the molecule is O=CN(CC(=O)O)C1CC1. The molecule has 4 nitrogen and oxygen atoms in total. The molecule has 4 heteroatoms. The average molecular weight is 143 g/mol. The summed E-state index contributed by atoms with van der Waals surface area (Å²) in [6.45, 7) is -0.159. The van der Waals surface area contributed by atoms with Crippen LogP contribution in [0.5, 0.6) is 0 Å². The van der Waals surface area contributed by atoms with Crippen molar-refractivity contribution in [3.05, 3.63) is 0 Å². The van der Waals surface area contributed by atoms with Crippen molar-refractivity contribution in [3.63, 3.8) is 0 Å². The zero-order chi connectivity index (χ0) is 7.56. The molecule has 0 bridgehead atoms. The molecule has 56 valence electrons. The monoisotopic (exact) mass is 143 g/mol. The largest absolute Gasteiger partial charge is 0.480 e. The third kappa shape index (κ3) is 1.72. The molecular formula is C6H9NO3. The fourth-order valence-corrected chi connectivity index (χ4v) is 0.815. The van der Waals surface area contributed by atoms with Gasteiger partial charge in [-0.25, -0.2) is 0 Å². The zero-order valence-electron chi connectivity index (χ0n) is 5.49. The second-order valence-corrected chi connectivity index (χ2v) is 2.40. The van der Waals surface area contributed by atoms with Gasteiger partial charge in [0.2, 0.25) is 6.41 Å². The van der Waals surface area contributed by atoms with Crippen molar-refractivity contribution in [2.75, 3.05) is 6.54 Å². The number of rotatable bonds is 4. The lowest BCUT2D eigenvalue weighted by molar-refractivity contribution is -0.141. The van der Waals surface area contributed by atoms with E-state index in [0.717, 1.165) is 12.8 Å². The summed E-state index contributed by atoms with van der Waals surface area (Å²) in [5.74, 6) is -0.945. The van der Waals surface area contributed by atoms with E-state index < -0.39 is 5.97 Å². The van der Waals surface area contributed by atoms with Crippen molar-refractivity contribution >= 4 is 12.4 Å². The molecule has 1 fully saturated rings. The first kappa shape index (κ1) is 7.05. The first-order chi connectivity index (χ1) is 4.74. The molecular weight excluding hydrogens is 134 g/mol. The Morgan fingerprint density at radius 1 is 1.70 bits per heavy atom. The molecule has 0 aromatic rings. The zero-order valence-corrected chi connectivity index (χ0v) is 5.49. The molecule has 0 unspecified atom stereocenters. The molecule has 1 N–H and O–H groups in total. The smallest absolute Gasteiger partial charge is 0.323 e. The van der Waals surface area contributed by atoms with Crippen molar-refractivity contribution < 1.29 is 14.7 Å². The minimum Gasteiger partial charge on any atom is -0.480 e. The highest BCUT2D eigenvalue weighted by Gasteiger charge is 2.28. The van der Waals surface area contributed by atoms with E-state index >= 15 is 0 Å². The molecule has 1 aliphatic carbocycles. The van der Waals surface area contributed by atoms with Crippen molar-refractivity contribution in [1.29, 1.82) is 0 Å². The highest BCUT2D eigenvalue weighted by Crippen LogP contribution is 2.24. The van der Waals surface area contributed by atoms with Crippen LogP contribution in [0.15, 0.2) is 0 Å². The third-order valence-electron chi connectivity index (χ3n) is 1.47.